The Labute approximate surface area is 78.5 Å². The minimum atomic E-state index is -0.728. The van der Waals surface area contributed by atoms with Crippen molar-refractivity contribution in [2.75, 3.05) is 0 Å². The Hall–Kier alpha value is -1.11. The van der Waals surface area contributed by atoms with Crippen molar-refractivity contribution in [3.8, 4) is 6.07 Å². The van der Waals surface area contributed by atoms with Crippen LogP contribution in [-0.4, -0.2) is 10.2 Å². The number of aromatic nitrogens is 1. The second-order valence-electron chi connectivity index (χ2n) is 1.95. The molecular weight excluding hydrogens is 199 g/mol. The minimum Gasteiger partial charge on any atom is -0.274 e. The largest absolute Gasteiger partial charge is 0.274 e. The summed E-state index contributed by atoms with van der Waals surface area (Å²) in [5.74, 6) is 0. The van der Waals surface area contributed by atoms with Crippen molar-refractivity contribution in [1.82, 2.24) is 4.98 Å². The van der Waals surface area contributed by atoms with Gasteiger partial charge in [0.1, 0.15) is 10.8 Å². The number of halogens is 2. The number of hydrogen-bond donors (Lipinski definition) is 0. The van der Waals surface area contributed by atoms with Gasteiger partial charge in [-0.2, -0.15) is 5.26 Å². The quantitative estimate of drug-likeness (QED) is 0.515. The molecule has 1 heterocycles. The molecule has 0 aliphatic rings. The van der Waals surface area contributed by atoms with Gasteiger partial charge in [-0.1, -0.05) is 11.6 Å². The third kappa shape index (κ3) is 1.94. The maximum Gasteiger partial charge on any atom is 0.270 e. The third-order valence-electron chi connectivity index (χ3n) is 1.12. The van der Waals surface area contributed by atoms with Crippen LogP contribution in [0.3, 0.4) is 0 Å². The van der Waals surface area contributed by atoms with E-state index in [1.54, 1.807) is 0 Å². The van der Waals surface area contributed by atoms with Crippen molar-refractivity contribution >= 4 is 28.4 Å². The molecular formula is C7H2Cl2N2O. The SMILES string of the molecule is N#Cc1cc(Cl)nc(C(=O)Cl)c1. The van der Waals surface area contributed by atoms with Crippen molar-refractivity contribution < 1.29 is 4.79 Å². The number of nitrogens with zero attached hydrogens (tertiary/aromatic N) is 2. The van der Waals surface area contributed by atoms with E-state index in [2.05, 4.69) is 4.98 Å². The van der Waals surface area contributed by atoms with Crippen LogP contribution in [0.15, 0.2) is 12.1 Å². The van der Waals surface area contributed by atoms with Crippen molar-refractivity contribution in [2.24, 2.45) is 0 Å². The highest BCUT2D eigenvalue weighted by Gasteiger charge is 2.06. The maximum atomic E-state index is 10.6. The molecule has 0 saturated carbocycles. The molecule has 3 nitrogen and oxygen atoms in total. The van der Waals surface area contributed by atoms with Gasteiger partial charge in [0, 0.05) is 0 Å². The summed E-state index contributed by atoms with van der Waals surface area (Å²) in [6.45, 7) is 0. The zero-order valence-corrected chi connectivity index (χ0v) is 7.23. The van der Waals surface area contributed by atoms with Crippen molar-refractivity contribution in [3.05, 3.63) is 28.5 Å². The molecule has 0 bridgehead atoms. The predicted molar refractivity (Wildman–Crippen MR) is 44.1 cm³/mol. The molecule has 1 aromatic heterocycles. The fourth-order valence-corrected chi connectivity index (χ4v) is 0.968. The summed E-state index contributed by atoms with van der Waals surface area (Å²) in [5, 5.41) is 7.83. The molecule has 0 N–H and O–H groups in total. The van der Waals surface area contributed by atoms with Gasteiger partial charge >= 0.3 is 0 Å². The Bertz CT molecular complexity index is 370. The highest BCUT2D eigenvalue weighted by Crippen LogP contribution is 2.11. The first-order valence-electron chi connectivity index (χ1n) is 2.91. The number of carbonyl (C=O) groups excluding carboxylic acids is 1. The number of pyridine rings is 1. The Morgan fingerprint density at radius 3 is 2.75 bits per heavy atom. The summed E-state index contributed by atoms with van der Waals surface area (Å²) in [6, 6.07) is 4.46. The number of carbonyl (C=O) groups is 1. The topological polar surface area (TPSA) is 53.8 Å². The minimum absolute atomic E-state index is 0.0132. The summed E-state index contributed by atoms with van der Waals surface area (Å²) >= 11 is 10.6. The summed E-state index contributed by atoms with van der Waals surface area (Å²) in [6.07, 6.45) is 0. The monoisotopic (exact) mass is 200 g/mol. The molecule has 0 aromatic carbocycles. The lowest BCUT2D eigenvalue weighted by Crippen LogP contribution is -1.94. The average Bonchev–Trinajstić information content (AvgIpc) is 2.03. The smallest absolute Gasteiger partial charge is 0.270 e. The van der Waals surface area contributed by atoms with Gasteiger partial charge < -0.3 is 0 Å². The van der Waals surface area contributed by atoms with Crippen LogP contribution in [0.4, 0.5) is 0 Å². The van der Waals surface area contributed by atoms with E-state index < -0.39 is 5.24 Å². The van der Waals surface area contributed by atoms with Crippen LogP contribution < -0.4 is 0 Å². The lowest BCUT2D eigenvalue weighted by Gasteiger charge is -1.94. The van der Waals surface area contributed by atoms with Crippen LogP contribution in [-0.2, 0) is 0 Å². The Morgan fingerprint density at radius 2 is 2.25 bits per heavy atom. The molecule has 60 valence electrons. The highest BCUT2D eigenvalue weighted by atomic mass is 35.5. The molecule has 0 fully saturated rings. The number of hydrogen-bond acceptors (Lipinski definition) is 3. The van der Waals surface area contributed by atoms with E-state index in [0.717, 1.165) is 0 Å². The standard InChI is InChI=1S/C7H2Cl2N2O/c8-6-2-4(3-10)1-5(11-6)7(9)12/h1-2H. The lowest BCUT2D eigenvalue weighted by atomic mass is 10.2. The van der Waals surface area contributed by atoms with Crippen LogP contribution in [0.2, 0.25) is 5.15 Å². The van der Waals surface area contributed by atoms with Gasteiger partial charge in [0.05, 0.1) is 11.6 Å². The lowest BCUT2D eigenvalue weighted by molar-refractivity contribution is 0.107. The molecule has 0 atom stereocenters. The van der Waals surface area contributed by atoms with Crippen LogP contribution in [0.5, 0.6) is 0 Å². The summed E-state index contributed by atoms with van der Waals surface area (Å²) < 4.78 is 0. The van der Waals surface area contributed by atoms with Gasteiger partial charge in [-0.25, -0.2) is 4.98 Å². The summed E-state index contributed by atoms with van der Waals surface area (Å²) in [5.41, 5.74) is 0.250. The molecule has 0 unspecified atom stereocenters. The maximum absolute atomic E-state index is 10.6. The van der Waals surface area contributed by atoms with Crippen molar-refractivity contribution in [1.29, 1.82) is 5.26 Å². The van der Waals surface area contributed by atoms with E-state index in [1.807, 2.05) is 6.07 Å². The van der Waals surface area contributed by atoms with E-state index in [-0.39, 0.29) is 16.4 Å². The molecule has 1 aromatic rings. The van der Waals surface area contributed by atoms with Crippen LogP contribution >= 0.6 is 23.2 Å². The second-order valence-corrected chi connectivity index (χ2v) is 2.68. The molecule has 0 saturated heterocycles. The Balaban J connectivity index is 3.26. The van der Waals surface area contributed by atoms with Gasteiger partial charge in [-0.15, -0.1) is 0 Å². The van der Waals surface area contributed by atoms with Crippen LogP contribution in [0.1, 0.15) is 16.1 Å². The Kier molecular flexibility index (Phi) is 2.64. The first-order valence-corrected chi connectivity index (χ1v) is 3.66. The number of nitriles is 1. The average molecular weight is 201 g/mol. The van der Waals surface area contributed by atoms with Gasteiger partial charge in [0.2, 0.25) is 0 Å². The predicted octanol–water partition coefficient (Wildman–Crippen LogP) is 1.99. The third-order valence-corrected chi connectivity index (χ3v) is 1.51. The van der Waals surface area contributed by atoms with E-state index in [1.165, 1.54) is 12.1 Å². The van der Waals surface area contributed by atoms with Crippen molar-refractivity contribution in [3.63, 3.8) is 0 Å². The zero-order chi connectivity index (χ0) is 9.14. The summed E-state index contributed by atoms with van der Waals surface area (Å²) in [4.78, 5) is 14.2. The van der Waals surface area contributed by atoms with Gasteiger partial charge in [-0.3, -0.25) is 4.79 Å². The first-order chi connectivity index (χ1) is 5.63. The van der Waals surface area contributed by atoms with E-state index >= 15 is 0 Å². The van der Waals surface area contributed by atoms with Crippen LogP contribution in [0.25, 0.3) is 0 Å². The number of rotatable bonds is 1. The molecule has 0 spiro atoms. The molecule has 12 heavy (non-hydrogen) atoms. The Morgan fingerprint density at radius 1 is 1.58 bits per heavy atom. The van der Waals surface area contributed by atoms with Crippen LogP contribution in [0, 0.1) is 11.3 Å². The fourth-order valence-electron chi connectivity index (χ4n) is 0.662. The highest BCUT2D eigenvalue weighted by molar-refractivity contribution is 6.67. The van der Waals surface area contributed by atoms with Gasteiger partial charge in [0.15, 0.2) is 0 Å². The van der Waals surface area contributed by atoms with E-state index in [0.29, 0.717) is 0 Å². The molecule has 0 amide bonds. The van der Waals surface area contributed by atoms with E-state index in [9.17, 15) is 4.79 Å². The van der Waals surface area contributed by atoms with Gasteiger partial charge in [0.25, 0.3) is 5.24 Å². The molecule has 0 radical (unpaired) electrons. The normalized spacial score (nSPS) is 9.08. The molecule has 0 aliphatic carbocycles. The van der Waals surface area contributed by atoms with Gasteiger partial charge in [-0.05, 0) is 23.7 Å². The molecule has 1 rings (SSSR count). The first kappa shape index (κ1) is 8.98. The summed E-state index contributed by atoms with van der Waals surface area (Å²) in [7, 11) is 0. The van der Waals surface area contributed by atoms with E-state index in [4.69, 9.17) is 28.5 Å². The fraction of sp³-hybridized carbons (Fsp3) is 0. The van der Waals surface area contributed by atoms with Crippen molar-refractivity contribution in [2.45, 2.75) is 0 Å². The molecule has 5 heteroatoms. The zero-order valence-electron chi connectivity index (χ0n) is 5.71. The molecule has 0 aliphatic heterocycles. The second kappa shape index (κ2) is 3.53.